The molecule has 2 nitrogen and oxygen atoms in total. The highest BCUT2D eigenvalue weighted by atomic mass is 19.1. The van der Waals surface area contributed by atoms with Gasteiger partial charge in [0, 0.05) is 6.42 Å². The fraction of sp³-hybridized carbons (Fsp3) is 0.167. The van der Waals surface area contributed by atoms with Gasteiger partial charge in [-0.2, -0.15) is 0 Å². The van der Waals surface area contributed by atoms with Crippen LogP contribution in [0.5, 0.6) is 0 Å². The average Bonchev–Trinajstić information content (AvgIpc) is 2.52. The van der Waals surface area contributed by atoms with E-state index in [1.807, 2.05) is 30.3 Å². The summed E-state index contributed by atoms with van der Waals surface area (Å²) in [7, 11) is 0. The third-order valence-corrected chi connectivity index (χ3v) is 2.95. The Hall–Kier alpha value is -2.60. The van der Waals surface area contributed by atoms with Gasteiger partial charge in [-0.25, -0.2) is 4.39 Å². The lowest BCUT2D eigenvalue weighted by molar-refractivity contribution is -0.120. The number of halogens is 1. The van der Waals surface area contributed by atoms with Crippen molar-refractivity contribution in [2.45, 2.75) is 12.8 Å². The van der Waals surface area contributed by atoms with Crippen molar-refractivity contribution in [3.8, 4) is 11.8 Å². The van der Waals surface area contributed by atoms with Gasteiger partial charge in [-0.05, 0) is 24.1 Å². The topological polar surface area (TPSA) is 29.1 Å². The summed E-state index contributed by atoms with van der Waals surface area (Å²) in [5.41, 5.74) is 1.47. The summed E-state index contributed by atoms with van der Waals surface area (Å²) in [5, 5.41) is 2.71. The van der Waals surface area contributed by atoms with Crippen LogP contribution in [0.3, 0.4) is 0 Å². The quantitative estimate of drug-likeness (QED) is 0.858. The van der Waals surface area contributed by atoms with Gasteiger partial charge in [0.2, 0.25) is 5.91 Å². The molecule has 1 amide bonds. The van der Waals surface area contributed by atoms with Crippen molar-refractivity contribution in [2.75, 3.05) is 6.54 Å². The van der Waals surface area contributed by atoms with Crippen molar-refractivity contribution in [3.05, 3.63) is 71.5 Å². The number of amides is 1. The van der Waals surface area contributed by atoms with E-state index in [1.54, 1.807) is 18.2 Å². The van der Waals surface area contributed by atoms with E-state index in [0.717, 1.165) is 5.56 Å². The van der Waals surface area contributed by atoms with Crippen LogP contribution in [0.4, 0.5) is 4.39 Å². The van der Waals surface area contributed by atoms with Crippen LogP contribution in [0.1, 0.15) is 17.5 Å². The molecule has 0 aliphatic heterocycles. The van der Waals surface area contributed by atoms with Crippen molar-refractivity contribution in [1.82, 2.24) is 5.32 Å². The van der Waals surface area contributed by atoms with Crippen LogP contribution in [0.15, 0.2) is 54.6 Å². The molecule has 2 rings (SSSR count). The van der Waals surface area contributed by atoms with Gasteiger partial charge in [0.05, 0.1) is 12.1 Å². The largest absolute Gasteiger partial charge is 0.345 e. The predicted octanol–water partition coefficient (Wildman–Crippen LogP) is 2.93. The lowest BCUT2D eigenvalue weighted by Crippen LogP contribution is -2.23. The predicted molar refractivity (Wildman–Crippen MR) is 81.1 cm³/mol. The summed E-state index contributed by atoms with van der Waals surface area (Å²) in [6.45, 7) is 0.224. The maximum Gasteiger partial charge on any atom is 0.221 e. The van der Waals surface area contributed by atoms with E-state index >= 15 is 0 Å². The van der Waals surface area contributed by atoms with Gasteiger partial charge in [0.1, 0.15) is 5.82 Å². The second-order valence-corrected chi connectivity index (χ2v) is 4.54. The number of aryl methyl sites for hydroxylation is 1. The molecular formula is C18H16FNO. The first-order valence-corrected chi connectivity index (χ1v) is 6.80. The first-order valence-electron chi connectivity index (χ1n) is 6.80. The van der Waals surface area contributed by atoms with E-state index in [1.165, 1.54) is 6.07 Å². The molecule has 2 aromatic carbocycles. The summed E-state index contributed by atoms with van der Waals surface area (Å²) in [6, 6.07) is 16.2. The third kappa shape index (κ3) is 5.12. The van der Waals surface area contributed by atoms with Gasteiger partial charge in [0.25, 0.3) is 0 Å². The van der Waals surface area contributed by atoms with Crippen molar-refractivity contribution >= 4 is 5.91 Å². The number of hydrogen-bond donors (Lipinski definition) is 1. The maximum atomic E-state index is 13.3. The summed E-state index contributed by atoms with van der Waals surface area (Å²) >= 11 is 0. The van der Waals surface area contributed by atoms with E-state index in [4.69, 9.17) is 0 Å². The molecule has 0 atom stereocenters. The summed E-state index contributed by atoms with van der Waals surface area (Å²) in [6.07, 6.45) is 1.12. The number of carbonyl (C=O) groups excluding carboxylic acids is 1. The van der Waals surface area contributed by atoms with Crippen LogP contribution in [0.25, 0.3) is 0 Å². The molecular weight excluding hydrogens is 265 g/mol. The lowest BCUT2D eigenvalue weighted by Gasteiger charge is -2.01. The highest BCUT2D eigenvalue weighted by Gasteiger charge is 2.00. The van der Waals surface area contributed by atoms with Crippen molar-refractivity contribution in [1.29, 1.82) is 0 Å². The highest BCUT2D eigenvalue weighted by Crippen LogP contribution is 2.03. The maximum absolute atomic E-state index is 13.3. The minimum Gasteiger partial charge on any atom is -0.345 e. The minimum absolute atomic E-state index is 0.0540. The Morgan fingerprint density at radius 2 is 1.76 bits per heavy atom. The molecule has 0 fully saturated rings. The molecule has 0 bridgehead atoms. The van der Waals surface area contributed by atoms with Crippen molar-refractivity contribution in [2.24, 2.45) is 0 Å². The Labute approximate surface area is 124 Å². The summed E-state index contributed by atoms with van der Waals surface area (Å²) in [5.74, 6) is 5.05. The zero-order valence-electron chi connectivity index (χ0n) is 11.6. The van der Waals surface area contributed by atoms with Crippen LogP contribution >= 0.6 is 0 Å². The van der Waals surface area contributed by atoms with E-state index in [2.05, 4.69) is 17.2 Å². The molecule has 0 aromatic heterocycles. The first kappa shape index (κ1) is 14.8. The van der Waals surface area contributed by atoms with Crippen LogP contribution < -0.4 is 5.32 Å². The summed E-state index contributed by atoms with van der Waals surface area (Å²) < 4.78 is 13.3. The van der Waals surface area contributed by atoms with Crippen LogP contribution in [0.2, 0.25) is 0 Å². The van der Waals surface area contributed by atoms with Crippen molar-refractivity contribution < 1.29 is 9.18 Å². The van der Waals surface area contributed by atoms with E-state index in [-0.39, 0.29) is 18.3 Å². The Morgan fingerprint density at radius 1 is 1.05 bits per heavy atom. The molecule has 2 aromatic rings. The average molecular weight is 281 g/mol. The summed E-state index contributed by atoms with van der Waals surface area (Å²) in [4.78, 5) is 11.6. The Kier molecular flexibility index (Phi) is 5.54. The molecule has 0 spiro atoms. The van der Waals surface area contributed by atoms with Gasteiger partial charge >= 0.3 is 0 Å². The second-order valence-electron chi connectivity index (χ2n) is 4.54. The second kappa shape index (κ2) is 7.86. The Morgan fingerprint density at radius 3 is 2.52 bits per heavy atom. The molecule has 21 heavy (non-hydrogen) atoms. The Bertz CT molecular complexity index is 656. The van der Waals surface area contributed by atoms with Crippen molar-refractivity contribution in [3.63, 3.8) is 0 Å². The van der Waals surface area contributed by atoms with Crippen LogP contribution in [-0.2, 0) is 11.2 Å². The molecule has 1 N–H and O–H groups in total. The number of hydrogen-bond acceptors (Lipinski definition) is 1. The van der Waals surface area contributed by atoms with Gasteiger partial charge in [-0.15, -0.1) is 0 Å². The van der Waals surface area contributed by atoms with Gasteiger partial charge < -0.3 is 5.32 Å². The fourth-order valence-corrected chi connectivity index (χ4v) is 1.84. The van der Waals surface area contributed by atoms with E-state index in [0.29, 0.717) is 18.4 Å². The smallest absolute Gasteiger partial charge is 0.221 e. The minimum atomic E-state index is -0.347. The molecule has 0 aliphatic rings. The number of benzene rings is 2. The SMILES string of the molecule is O=C(CCc1ccccc1)NCC#Cc1ccccc1F. The number of carbonyl (C=O) groups is 1. The van der Waals surface area contributed by atoms with Gasteiger partial charge in [-0.3, -0.25) is 4.79 Å². The molecule has 0 heterocycles. The first-order chi connectivity index (χ1) is 10.3. The van der Waals surface area contributed by atoms with Gasteiger partial charge in [-0.1, -0.05) is 54.3 Å². The van der Waals surface area contributed by atoms with Crippen LogP contribution in [-0.4, -0.2) is 12.5 Å². The standard InChI is InChI=1S/C18H16FNO/c19-17-11-5-4-9-16(17)10-6-14-20-18(21)13-12-15-7-2-1-3-8-15/h1-5,7-9,11H,12-14H2,(H,20,21). The number of rotatable bonds is 4. The third-order valence-electron chi connectivity index (χ3n) is 2.95. The van der Waals surface area contributed by atoms with E-state index in [9.17, 15) is 9.18 Å². The fourth-order valence-electron chi connectivity index (χ4n) is 1.84. The molecule has 0 radical (unpaired) electrons. The zero-order valence-corrected chi connectivity index (χ0v) is 11.6. The van der Waals surface area contributed by atoms with Gasteiger partial charge in [0.15, 0.2) is 0 Å². The molecule has 0 unspecified atom stereocenters. The highest BCUT2D eigenvalue weighted by molar-refractivity contribution is 5.76. The monoisotopic (exact) mass is 281 g/mol. The lowest BCUT2D eigenvalue weighted by atomic mass is 10.1. The van der Waals surface area contributed by atoms with Crippen LogP contribution in [0, 0.1) is 17.7 Å². The Balaban J connectivity index is 1.74. The molecule has 106 valence electrons. The molecule has 0 aliphatic carbocycles. The normalized spacial score (nSPS) is 9.57. The van der Waals surface area contributed by atoms with E-state index < -0.39 is 0 Å². The molecule has 0 saturated heterocycles. The molecule has 0 saturated carbocycles. The molecule has 3 heteroatoms. The zero-order chi connectivity index (χ0) is 14.9. The number of nitrogens with one attached hydrogen (secondary N) is 1.